The van der Waals surface area contributed by atoms with E-state index in [-0.39, 0.29) is 24.9 Å². The van der Waals surface area contributed by atoms with Gasteiger partial charge in [-0.2, -0.15) is 0 Å². The zero-order chi connectivity index (χ0) is 45.2. The van der Waals surface area contributed by atoms with Crippen LogP contribution in [0.4, 0.5) is 0 Å². The quantitative estimate of drug-likeness (QED) is 0.0245. The van der Waals surface area contributed by atoms with E-state index in [1.165, 1.54) is 122 Å². The third kappa shape index (κ3) is 43.9. The molecule has 0 aromatic carbocycles. The Kier molecular flexibility index (Phi) is 47.2. The summed E-state index contributed by atoms with van der Waals surface area (Å²) in [6.45, 7) is 6.35. The van der Waals surface area contributed by atoms with Crippen LogP contribution in [0.3, 0.4) is 0 Å². The summed E-state index contributed by atoms with van der Waals surface area (Å²) in [6.07, 6.45) is 62.4. The fourth-order valence-corrected chi connectivity index (χ4v) is 7.62. The predicted octanol–water partition coefficient (Wildman–Crippen LogP) is 15.8. The highest BCUT2D eigenvalue weighted by Crippen LogP contribution is 2.17. The fraction of sp³-hybridized carbons (Fsp3) is 0.750. The van der Waals surface area contributed by atoms with Crippen molar-refractivity contribution < 1.29 is 24.5 Å². The van der Waals surface area contributed by atoms with Gasteiger partial charge in [-0.3, -0.25) is 9.59 Å². The number of carbonyl (C=O) groups excluding carboxylic acids is 2. The number of nitrogens with one attached hydrogen (secondary N) is 1. The molecule has 6 nitrogen and oxygen atoms in total. The second kappa shape index (κ2) is 49.3. The molecule has 0 aliphatic heterocycles. The highest BCUT2D eigenvalue weighted by molar-refractivity contribution is 5.77. The lowest BCUT2D eigenvalue weighted by molar-refractivity contribution is -0.151. The molecule has 0 aliphatic rings. The van der Waals surface area contributed by atoms with Gasteiger partial charge in [0.1, 0.15) is 6.10 Å². The normalized spacial score (nSPS) is 13.8. The van der Waals surface area contributed by atoms with Gasteiger partial charge in [0.25, 0.3) is 0 Å². The van der Waals surface area contributed by atoms with Gasteiger partial charge in [-0.15, -0.1) is 0 Å². The van der Waals surface area contributed by atoms with E-state index < -0.39 is 18.2 Å². The maximum atomic E-state index is 13.2. The Bertz CT molecular complexity index is 1150. The van der Waals surface area contributed by atoms with Crippen molar-refractivity contribution in [2.45, 2.75) is 264 Å². The number of aliphatic hydroxyl groups excluding tert-OH is 2. The molecule has 0 heterocycles. The first-order chi connectivity index (χ1) is 30.5. The number of amides is 1. The molecule has 6 heteroatoms. The molecule has 62 heavy (non-hydrogen) atoms. The molecule has 3 N–H and O–H groups in total. The van der Waals surface area contributed by atoms with E-state index in [0.29, 0.717) is 19.3 Å². The molecule has 3 unspecified atom stereocenters. The summed E-state index contributed by atoms with van der Waals surface area (Å²) in [7, 11) is 0. The second-order valence-electron chi connectivity index (χ2n) is 17.7. The second-order valence-corrected chi connectivity index (χ2v) is 17.7. The fourth-order valence-electron chi connectivity index (χ4n) is 7.62. The zero-order valence-electron chi connectivity index (χ0n) is 40.7. The molecule has 0 saturated carbocycles. The highest BCUT2D eigenvalue weighted by atomic mass is 16.5. The smallest absolute Gasteiger partial charge is 0.306 e. The Morgan fingerprint density at radius 2 is 0.887 bits per heavy atom. The molecule has 0 radical (unpaired) electrons. The van der Waals surface area contributed by atoms with Crippen molar-refractivity contribution in [3.05, 3.63) is 72.9 Å². The van der Waals surface area contributed by atoms with Gasteiger partial charge in [-0.05, 0) is 64.2 Å². The third-order valence-electron chi connectivity index (χ3n) is 11.6. The summed E-state index contributed by atoms with van der Waals surface area (Å²) in [5.74, 6) is -0.528. The molecule has 0 aromatic heterocycles. The van der Waals surface area contributed by atoms with Crippen molar-refractivity contribution in [2.75, 3.05) is 6.61 Å². The number of unbranched alkanes of at least 4 members (excludes halogenated alkanes) is 26. The van der Waals surface area contributed by atoms with Crippen molar-refractivity contribution in [3.8, 4) is 0 Å². The number of hydrogen-bond acceptors (Lipinski definition) is 5. The molecule has 0 bridgehead atoms. The van der Waals surface area contributed by atoms with E-state index in [9.17, 15) is 19.8 Å². The zero-order valence-corrected chi connectivity index (χ0v) is 40.7. The number of rotatable bonds is 46. The summed E-state index contributed by atoms with van der Waals surface area (Å²) in [4.78, 5) is 26.1. The van der Waals surface area contributed by atoms with Gasteiger partial charge in [0.05, 0.1) is 25.2 Å². The van der Waals surface area contributed by atoms with Crippen molar-refractivity contribution in [3.63, 3.8) is 0 Å². The van der Waals surface area contributed by atoms with Crippen molar-refractivity contribution in [1.29, 1.82) is 0 Å². The molecule has 1 amide bonds. The van der Waals surface area contributed by atoms with E-state index >= 15 is 0 Å². The minimum Gasteiger partial charge on any atom is -0.462 e. The molecule has 3 atom stereocenters. The monoisotopic (exact) mass is 866 g/mol. The van der Waals surface area contributed by atoms with Gasteiger partial charge in [-0.1, -0.05) is 241 Å². The van der Waals surface area contributed by atoms with Crippen molar-refractivity contribution >= 4 is 11.9 Å². The molecule has 358 valence electrons. The predicted molar refractivity (Wildman–Crippen MR) is 268 cm³/mol. The van der Waals surface area contributed by atoms with Crippen molar-refractivity contribution in [1.82, 2.24) is 5.32 Å². The summed E-state index contributed by atoms with van der Waals surface area (Å²) >= 11 is 0. The van der Waals surface area contributed by atoms with Gasteiger partial charge in [-0.25, -0.2) is 0 Å². The Labute approximate surface area is 383 Å². The van der Waals surface area contributed by atoms with Gasteiger partial charge in [0.2, 0.25) is 5.91 Å². The summed E-state index contributed by atoms with van der Waals surface area (Å²) in [5, 5.41) is 23.8. The van der Waals surface area contributed by atoms with Crippen LogP contribution in [0.1, 0.15) is 245 Å². The van der Waals surface area contributed by atoms with Gasteiger partial charge >= 0.3 is 5.97 Å². The number of aliphatic hydroxyl groups is 2. The van der Waals surface area contributed by atoms with Crippen molar-refractivity contribution in [2.24, 2.45) is 0 Å². The van der Waals surface area contributed by atoms with Gasteiger partial charge < -0.3 is 20.3 Å². The van der Waals surface area contributed by atoms with E-state index in [0.717, 1.165) is 77.0 Å². The average Bonchev–Trinajstić information content (AvgIpc) is 3.26. The summed E-state index contributed by atoms with van der Waals surface area (Å²) in [5.41, 5.74) is 0. The first-order valence-electron chi connectivity index (χ1n) is 26.2. The molecule has 0 fully saturated rings. The number of ether oxygens (including phenoxy) is 1. The lowest BCUT2D eigenvalue weighted by atomic mass is 10.0. The lowest BCUT2D eigenvalue weighted by Crippen LogP contribution is -2.46. The molecule has 0 aliphatic carbocycles. The maximum absolute atomic E-state index is 13.2. The molecular weight excluding hydrogens is 767 g/mol. The molecular formula is C56H99NO5. The molecule has 0 spiro atoms. The van der Waals surface area contributed by atoms with Crippen LogP contribution in [0.5, 0.6) is 0 Å². The van der Waals surface area contributed by atoms with E-state index in [4.69, 9.17) is 4.74 Å². The standard InChI is InChI=1S/C56H99NO5/c1-4-7-10-13-16-19-22-24-26-28-30-33-35-38-41-44-47-52(62-56(61)49-46-43-40-37-32-21-18-15-12-9-6-3)50-55(60)57-53(51-58)54(59)48-45-42-39-36-34-31-29-27-25-23-20-17-14-11-8-5-2/h10,13,15-16,18-19,22,24,26,28,30,33,52-54,58-59H,4-9,11-12,14,17,20-21,23,25,27,29,31-32,34-51H2,1-3H3,(H,57,60)/b13-10+,18-15-,19-16+,24-22+,28-26+,33-30+. The Morgan fingerprint density at radius 3 is 1.42 bits per heavy atom. The highest BCUT2D eigenvalue weighted by Gasteiger charge is 2.24. The van der Waals surface area contributed by atoms with Crippen LogP contribution in [0.2, 0.25) is 0 Å². The minimum atomic E-state index is -0.804. The largest absolute Gasteiger partial charge is 0.462 e. The third-order valence-corrected chi connectivity index (χ3v) is 11.6. The Morgan fingerprint density at radius 1 is 0.468 bits per heavy atom. The molecule has 0 rings (SSSR count). The number of esters is 1. The Balaban J connectivity index is 4.64. The van der Waals surface area contributed by atoms with Crippen LogP contribution >= 0.6 is 0 Å². The summed E-state index contributed by atoms with van der Waals surface area (Å²) in [6, 6.07) is -0.720. The molecule has 0 saturated heterocycles. The van der Waals surface area contributed by atoms with E-state index in [2.05, 4.69) is 62.5 Å². The lowest BCUT2D eigenvalue weighted by Gasteiger charge is -2.24. The van der Waals surface area contributed by atoms with Crippen LogP contribution in [-0.2, 0) is 14.3 Å². The van der Waals surface area contributed by atoms with Gasteiger partial charge in [0.15, 0.2) is 0 Å². The number of allylic oxidation sites excluding steroid dienone is 12. The van der Waals surface area contributed by atoms with Gasteiger partial charge in [0, 0.05) is 6.42 Å². The topological polar surface area (TPSA) is 95.9 Å². The summed E-state index contributed by atoms with van der Waals surface area (Å²) < 4.78 is 5.90. The maximum Gasteiger partial charge on any atom is 0.306 e. The van der Waals surface area contributed by atoms with Crippen LogP contribution in [0.25, 0.3) is 0 Å². The average molecular weight is 866 g/mol. The SMILES string of the molecule is CCC/C=C/C=C/C=C/C=C/C=C/CCCCCC(CC(=O)NC(CO)C(O)CCCCCCCCCCCCCCCCCC)OC(=O)CCCCCCC/C=C\CCCC. The number of hydrogen-bond donors (Lipinski definition) is 3. The van der Waals surface area contributed by atoms with Crippen LogP contribution in [-0.4, -0.2) is 46.9 Å². The number of carbonyl (C=O) groups is 2. The first kappa shape index (κ1) is 59.3. The van der Waals surface area contributed by atoms with Crippen LogP contribution < -0.4 is 5.32 Å². The van der Waals surface area contributed by atoms with E-state index in [1.54, 1.807) is 0 Å². The van der Waals surface area contributed by atoms with Crippen LogP contribution in [0.15, 0.2) is 72.9 Å². The minimum absolute atomic E-state index is 0.0439. The van der Waals surface area contributed by atoms with Crippen LogP contribution in [0, 0.1) is 0 Å². The first-order valence-corrected chi connectivity index (χ1v) is 26.2. The van der Waals surface area contributed by atoms with E-state index in [1.807, 2.05) is 36.5 Å². The Hall–Kier alpha value is -2.70. The molecule has 0 aromatic rings.